The van der Waals surface area contributed by atoms with Crippen molar-refractivity contribution in [2.75, 3.05) is 29.6 Å². The second kappa shape index (κ2) is 8.23. The van der Waals surface area contributed by atoms with Gasteiger partial charge in [-0.05, 0) is 37.3 Å². The summed E-state index contributed by atoms with van der Waals surface area (Å²) in [7, 11) is 0. The van der Waals surface area contributed by atoms with Crippen LogP contribution >= 0.6 is 11.8 Å². The van der Waals surface area contributed by atoms with Crippen LogP contribution in [0.1, 0.15) is 12.8 Å². The van der Waals surface area contributed by atoms with E-state index in [4.69, 9.17) is 0 Å². The highest BCUT2D eigenvalue weighted by Crippen LogP contribution is 2.32. The second-order valence-electron chi connectivity index (χ2n) is 6.20. The number of benzene rings is 2. The Morgan fingerprint density at radius 1 is 1.15 bits per heavy atom. The number of anilines is 2. The molecule has 0 aromatic heterocycles. The van der Waals surface area contributed by atoms with Gasteiger partial charge in [-0.15, -0.1) is 11.8 Å². The van der Waals surface area contributed by atoms with Gasteiger partial charge in [0.25, 0.3) is 5.69 Å². The summed E-state index contributed by atoms with van der Waals surface area (Å²) < 4.78 is 0. The number of hydrogen-bond acceptors (Lipinski definition) is 5. The van der Waals surface area contributed by atoms with E-state index in [1.807, 2.05) is 35.4 Å². The van der Waals surface area contributed by atoms with Gasteiger partial charge >= 0.3 is 0 Å². The number of nitrogens with one attached hydrogen (secondary N) is 1. The van der Waals surface area contributed by atoms with Gasteiger partial charge in [0.05, 0.1) is 10.6 Å². The Labute approximate surface area is 156 Å². The highest BCUT2D eigenvalue weighted by atomic mass is 32.2. The average molecular weight is 371 g/mol. The van der Waals surface area contributed by atoms with Crippen LogP contribution in [0.15, 0.2) is 53.4 Å². The zero-order valence-electron chi connectivity index (χ0n) is 14.6. The molecule has 1 N–H and O–H groups in total. The highest BCUT2D eigenvalue weighted by Gasteiger charge is 2.28. The van der Waals surface area contributed by atoms with Crippen molar-refractivity contribution in [2.24, 2.45) is 5.92 Å². The zero-order chi connectivity index (χ0) is 18.5. The summed E-state index contributed by atoms with van der Waals surface area (Å²) in [6, 6.07) is 14.5. The number of piperidine rings is 1. The molecule has 1 saturated heterocycles. The predicted molar refractivity (Wildman–Crippen MR) is 105 cm³/mol. The Kier molecular flexibility index (Phi) is 5.78. The number of hydrogen-bond donors (Lipinski definition) is 1. The van der Waals surface area contributed by atoms with Crippen LogP contribution in [0.25, 0.3) is 0 Å². The topological polar surface area (TPSA) is 75.5 Å². The van der Waals surface area contributed by atoms with Gasteiger partial charge in [-0.3, -0.25) is 14.9 Å². The molecule has 2 aromatic carbocycles. The third kappa shape index (κ3) is 3.99. The maximum Gasteiger partial charge on any atom is 0.292 e. The van der Waals surface area contributed by atoms with Gasteiger partial charge in [0.2, 0.25) is 5.91 Å². The quantitative estimate of drug-likeness (QED) is 0.485. The van der Waals surface area contributed by atoms with E-state index >= 15 is 0 Å². The second-order valence-corrected chi connectivity index (χ2v) is 7.04. The third-order valence-electron chi connectivity index (χ3n) is 4.65. The first-order valence-corrected chi connectivity index (χ1v) is 9.75. The molecule has 6 nitrogen and oxygen atoms in total. The molecule has 1 fully saturated rings. The minimum Gasteiger partial charge on any atom is -0.366 e. The lowest BCUT2D eigenvalue weighted by Crippen LogP contribution is -2.38. The molecule has 0 radical (unpaired) electrons. The molecule has 0 unspecified atom stereocenters. The Morgan fingerprint density at radius 2 is 1.81 bits per heavy atom. The van der Waals surface area contributed by atoms with Crippen molar-refractivity contribution >= 4 is 34.7 Å². The van der Waals surface area contributed by atoms with E-state index in [2.05, 4.69) is 5.32 Å². The zero-order valence-corrected chi connectivity index (χ0v) is 15.4. The molecule has 0 saturated carbocycles. The van der Waals surface area contributed by atoms with Crippen molar-refractivity contribution in [3.8, 4) is 0 Å². The van der Waals surface area contributed by atoms with Crippen molar-refractivity contribution in [3.63, 3.8) is 0 Å². The fraction of sp³-hybridized carbons (Fsp3) is 0.316. The predicted octanol–water partition coefficient (Wildman–Crippen LogP) is 4.17. The maximum atomic E-state index is 12.6. The normalized spacial score (nSPS) is 14.9. The molecule has 1 heterocycles. The minimum atomic E-state index is -0.354. The molecule has 1 amide bonds. The first kappa shape index (κ1) is 18.3. The van der Waals surface area contributed by atoms with Crippen LogP contribution in [0, 0.1) is 16.0 Å². The molecule has 1 aliphatic heterocycles. The summed E-state index contributed by atoms with van der Waals surface area (Å²) in [6.45, 7) is 1.26. The number of carbonyl (C=O) groups is 1. The van der Waals surface area contributed by atoms with E-state index in [0.29, 0.717) is 31.6 Å². The van der Waals surface area contributed by atoms with Crippen molar-refractivity contribution in [2.45, 2.75) is 17.7 Å². The summed E-state index contributed by atoms with van der Waals surface area (Å²) in [6.07, 6.45) is 3.34. The number of carbonyl (C=O) groups excluding carboxylic acids is 1. The van der Waals surface area contributed by atoms with E-state index < -0.39 is 0 Å². The molecular formula is C19H21N3O3S. The maximum absolute atomic E-state index is 12.6. The molecular weight excluding hydrogens is 350 g/mol. The van der Waals surface area contributed by atoms with Crippen molar-refractivity contribution in [3.05, 3.63) is 58.6 Å². The monoisotopic (exact) mass is 371 g/mol. The van der Waals surface area contributed by atoms with E-state index in [1.165, 1.54) is 6.07 Å². The summed E-state index contributed by atoms with van der Waals surface area (Å²) in [5, 5.41) is 14.2. The summed E-state index contributed by atoms with van der Waals surface area (Å²) >= 11 is 1.60. The van der Waals surface area contributed by atoms with Crippen LogP contribution in [-0.4, -0.2) is 30.2 Å². The molecule has 136 valence electrons. The first-order valence-electron chi connectivity index (χ1n) is 8.52. The van der Waals surface area contributed by atoms with Gasteiger partial charge < -0.3 is 10.2 Å². The van der Waals surface area contributed by atoms with Crippen molar-refractivity contribution in [1.82, 2.24) is 0 Å². The fourth-order valence-electron chi connectivity index (χ4n) is 3.25. The lowest BCUT2D eigenvalue weighted by atomic mass is 9.95. The number of para-hydroxylation sites is 3. The SMILES string of the molecule is CSc1ccccc1NC(=O)C1CCN(c2ccccc2[N+](=O)[O-])CC1. The average Bonchev–Trinajstić information content (AvgIpc) is 2.68. The minimum absolute atomic E-state index is 0.0220. The summed E-state index contributed by atoms with van der Waals surface area (Å²) in [4.78, 5) is 26.5. The summed E-state index contributed by atoms with van der Waals surface area (Å²) in [5.74, 6) is -0.0577. The van der Waals surface area contributed by atoms with Gasteiger partial charge in [-0.25, -0.2) is 0 Å². The molecule has 0 bridgehead atoms. The van der Waals surface area contributed by atoms with Crippen LogP contribution in [0.4, 0.5) is 17.1 Å². The number of rotatable bonds is 5. The number of nitrogens with zero attached hydrogens (tertiary/aromatic N) is 2. The highest BCUT2D eigenvalue weighted by molar-refractivity contribution is 7.98. The van der Waals surface area contributed by atoms with Crippen LogP contribution in [0.5, 0.6) is 0 Å². The Hall–Kier alpha value is -2.54. The lowest BCUT2D eigenvalue weighted by Gasteiger charge is -2.32. The molecule has 3 rings (SSSR count). The van der Waals surface area contributed by atoms with E-state index in [-0.39, 0.29) is 22.4 Å². The molecule has 0 spiro atoms. The van der Waals surface area contributed by atoms with Crippen molar-refractivity contribution < 1.29 is 9.72 Å². The smallest absolute Gasteiger partial charge is 0.292 e. The molecule has 7 heteroatoms. The fourth-order valence-corrected chi connectivity index (χ4v) is 3.80. The van der Waals surface area contributed by atoms with Crippen LogP contribution in [-0.2, 0) is 4.79 Å². The lowest BCUT2D eigenvalue weighted by molar-refractivity contribution is -0.384. The first-order chi connectivity index (χ1) is 12.6. The Morgan fingerprint density at radius 3 is 2.50 bits per heavy atom. The van der Waals surface area contributed by atoms with Gasteiger partial charge in [0.15, 0.2) is 0 Å². The van der Waals surface area contributed by atoms with E-state index in [1.54, 1.807) is 30.0 Å². The molecule has 1 aliphatic rings. The number of amides is 1. The van der Waals surface area contributed by atoms with Gasteiger partial charge in [0, 0.05) is 30.0 Å². The summed E-state index contributed by atoms with van der Waals surface area (Å²) in [5.41, 5.74) is 1.58. The van der Waals surface area contributed by atoms with Gasteiger partial charge in [-0.1, -0.05) is 24.3 Å². The van der Waals surface area contributed by atoms with Crippen LogP contribution in [0.3, 0.4) is 0 Å². The van der Waals surface area contributed by atoms with Gasteiger partial charge in [-0.2, -0.15) is 0 Å². The Bertz CT molecular complexity index is 804. The molecule has 0 aliphatic carbocycles. The number of nitro groups is 1. The number of nitro benzene ring substituents is 1. The molecule has 2 aromatic rings. The molecule has 0 atom stereocenters. The Balaban J connectivity index is 1.64. The largest absolute Gasteiger partial charge is 0.366 e. The standard InChI is InChI=1S/C19H21N3O3S/c1-26-18-9-5-2-6-15(18)20-19(23)14-10-12-21(13-11-14)16-7-3-4-8-17(16)22(24)25/h2-9,14H,10-13H2,1H3,(H,20,23). The number of thioether (sulfide) groups is 1. The third-order valence-corrected chi connectivity index (χ3v) is 5.45. The van der Waals surface area contributed by atoms with Crippen molar-refractivity contribution in [1.29, 1.82) is 0 Å². The van der Waals surface area contributed by atoms with Gasteiger partial charge in [0.1, 0.15) is 5.69 Å². The van der Waals surface area contributed by atoms with E-state index in [9.17, 15) is 14.9 Å². The molecule has 26 heavy (non-hydrogen) atoms. The van der Waals surface area contributed by atoms with Crippen LogP contribution in [0.2, 0.25) is 0 Å². The van der Waals surface area contributed by atoms with E-state index in [0.717, 1.165) is 10.6 Å². The van der Waals surface area contributed by atoms with Crippen LogP contribution < -0.4 is 10.2 Å².